The standard InChI is InChI=1S/C16H19N3O6/c20-8-4-2-1-3-7-17-14(21)10-18-15(22)12-6-5-11(19(24)25)9-13(12)16(18)23/h5-6,9,20H,1-4,7-8,10H2,(H,17,21). The SMILES string of the molecule is O=C(CN1C(=O)c2ccc([N+](=O)[O-])cc2C1=O)NCCCCCCO. The fraction of sp³-hybridized carbons (Fsp3) is 0.438. The van der Waals surface area contributed by atoms with E-state index in [1.807, 2.05) is 0 Å². The lowest BCUT2D eigenvalue weighted by Gasteiger charge is -2.13. The van der Waals surface area contributed by atoms with Gasteiger partial charge in [0.25, 0.3) is 17.5 Å². The van der Waals surface area contributed by atoms with Crippen molar-refractivity contribution in [3.05, 3.63) is 39.4 Å². The van der Waals surface area contributed by atoms with Crippen LogP contribution in [-0.2, 0) is 4.79 Å². The molecule has 9 nitrogen and oxygen atoms in total. The smallest absolute Gasteiger partial charge is 0.270 e. The van der Waals surface area contributed by atoms with E-state index in [4.69, 9.17) is 5.11 Å². The highest BCUT2D eigenvalue weighted by Crippen LogP contribution is 2.26. The Balaban J connectivity index is 1.91. The highest BCUT2D eigenvalue weighted by atomic mass is 16.6. The molecule has 1 aliphatic heterocycles. The van der Waals surface area contributed by atoms with Crippen molar-refractivity contribution in [2.24, 2.45) is 0 Å². The van der Waals surface area contributed by atoms with Crippen LogP contribution >= 0.6 is 0 Å². The van der Waals surface area contributed by atoms with Crippen molar-refractivity contribution in [3.8, 4) is 0 Å². The molecule has 0 atom stereocenters. The first-order chi connectivity index (χ1) is 12.0. The van der Waals surface area contributed by atoms with Gasteiger partial charge in [0, 0.05) is 25.3 Å². The number of unbranched alkanes of at least 4 members (excludes halogenated alkanes) is 3. The van der Waals surface area contributed by atoms with Crippen LogP contribution in [0.5, 0.6) is 0 Å². The number of amides is 3. The molecule has 2 N–H and O–H groups in total. The number of hydrogen-bond acceptors (Lipinski definition) is 6. The van der Waals surface area contributed by atoms with Crippen molar-refractivity contribution in [1.29, 1.82) is 0 Å². The predicted molar refractivity (Wildman–Crippen MR) is 87.0 cm³/mol. The predicted octanol–water partition coefficient (Wildman–Crippen LogP) is 0.860. The maximum absolute atomic E-state index is 12.2. The van der Waals surface area contributed by atoms with Gasteiger partial charge in [-0.25, -0.2) is 0 Å². The van der Waals surface area contributed by atoms with E-state index in [2.05, 4.69) is 5.32 Å². The Kier molecular flexibility index (Phi) is 6.18. The Morgan fingerprint density at radius 3 is 2.48 bits per heavy atom. The van der Waals surface area contributed by atoms with Gasteiger partial charge >= 0.3 is 0 Å². The minimum absolute atomic E-state index is 0.0593. The molecule has 0 unspecified atom stereocenters. The van der Waals surface area contributed by atoms with E-state index in [1.165, 1.54) is 6.07 Å². The van der Waals surface area contributed by atoms with Crippen molar-refractivity contribution in [1.82, 2.24) is 10.2 Å². The molecule has 3 amide bonds. The summed E-state index contributed by atoms with van der Waals surface area (Å²) in [5, 5.41) is 22.1. The maximum atomic E-state index is 12.2. The van der Waals surface area contributed by atoms with Gasteiger partial charge in [0.2, 0.25) is 5.91 Å². The molecule has 0 saturated carbocycles. The summed E-state index contributed by atoms with van der Waals surface area (Å²) in [5.74, 6) is -1.80. The molecule has 9 heteroatoms. The molecule has 0 spiro atoms. The quantitative estimate of drug-likeness (QED) is 0.294. The molecule has 1 aromatic carbocycles. The number of non-ortho nitro benzene ring substituents is 1. The topological polar surface area (TPSA) is 130 Å². The molecule has 0 aromatic heterocycles. The van der Waals surface area contributed by atoms with E-state index in [0.717, 1.165) is 42.7 Å². The van der Waals surface area contributed by atoms with Gasteiger partial charge in [0.1, 0.15) is 6.54 Å². The lowest BCUT2D eigenvalue weighted by Crippen LogP contribution is -2.40. The molecule has 2 rings (SSSR count). The molecule has 0 aliphatic carbocycles. The number of fused-ring (bicyclic) bond motifs is 1. The first-order valence-corrected chi connectivity index (χ1v) is 7.98. The van der Waals surface area contributed by atoms with E-state index in [0.29, 0.717) is 6.54 Å². The zero-order chi connectivity index (χ0) is 18.4. The minimum atomic E-state index is -0.707. The molecule has 1 heterocycles. The monoisotopic (exact) mass is 349 g/mol. The van der Waals surface area contributed by atoms with E-state index < -0.39 is 29.2 Å². The van der Waals surface area contributed by atoms with Crippen LogP contribution < -0.4 is 5.32 Å². The van der Waals surface area contributed by atoms with Crippen LogP contribution in [0.15, 0.2) is 18.2 Å². The maximum Gasteiger partial charge on any atom is 0.270 e. The minimum Gasteiger partial charge on any atom is -0.396 e. The van der Waals surface area contributed by atoms with Crippen LogP contribution in [0.1, 0.15) is 46.4 Å². The lowest BCUT2D eigenvalue weighted by atomic mass is 10.1. The highest BCUT2D eigenvalue weighted by Gasteiger charge is 2.37. The van der Waals surface area contributed by atoms with Crippen LogP contribution in [0.3, 0.4) is 0 Å². The lowest BCUT2D eigenvalue weighted by molar-refractivity contribution is -0.384. The number of aliphatic hydroxyl groups is 1. The summed E-state index contributed by atoms with van der Waals surface area (Å²) in [6.45, 7) is 0.139. The number of nitrogens with one attached hydrogen (secondary N) is 1. The molecule has 0 radical (unpaired) electrons. The Morgan fingerprint density at radius 1 is 1.12 bits per heavy atom. The molecule has 134 valence electrons. The summed E-state index contributed by atoms with van der Waals surface area (Å²) in [7, 11) is 0. The van der Waals surface area contributed by atoms with Gasteiger partial charge in [0.15, 0.2) is 0 Å². The number of carbonyl (C=O) groups excluding carboxylic acids is 3. The summed E-state index contributed by atoms with van der Waals surface area (Å²) >= 11 is 0. The van der Waals surface area contributed by atoms with E-state index in [-0.39, 0.29) is 23.4 Å². The Hall–Kier alpha value is -2.81. The summed E-state index contributed by atoms with van der Waals surface area (Å²) in [5.41, 5.74) is -0.280. The van der Waals surface area contributed by atoms with Gasteiger partial charge in [-0.05, 0) is 18.9 Å². The number of aliphatic hydroxyl groups excluding tert-OH is 1. The van der Waals surface area contributed by atoms with E-state index >= 15 is 0 Å². The Labute approximate surface area is 143 Å². The highest BCUT2D eigenvalue weighted by molar-refractivity contribution is 6.22. The molecular weight excluding hydrogens is 330 g/mol. The third kappa shape index (κ3) is 4.38. The van der Waals surface area contributed by atoms with Gasteiger partial charge in [-0.2, -0.15) is 0 Å². The van der Waals surface area contributed by atoms with Gasteiger partial charge in [-0.1, -0.05) is 12.8 Å². The number of nitro groups is 1. The second-order valence-corrected chi connectivity index (χ2v) is 5.67. The Bertz CT molecular complexity index is 703. The van der Waals surface area contributed by atoms with Gasteiger partial charge in [-0.3, -0.25) is 29.4 Å². The molecule has 0 bridgehead atoms. The third-order valence-electron chi connectivity index (χ3n) is 3.87. The van der Waals surface area contributed by atoms with E-state index in [1.54, 1.807) is 0 Å². The number of rotatable bonds is 9. The molecule has 1 aliphatic rings. The molecule has 0 saturated heterocycles. The third-order valence-corrected chi connectivity index (χ3v) is 3.87. The van der Waals surface area contributed by atoms with Crippen molar-refractivity contribution in [3.63, 3.8) is 0 Å². The second kappa shape index (κ2) is 8.34. The van der Waals surface area contributed by atoms with Crippen molar-refractivity contribution in [2.75, 3.05) is 19.7 Å². The number of hydrogen-bond donors (Lipinski definition) is 2. The van der Waals surface area contributed by atoms with E-state index in [9.17, 15) is 24.5 Å². The fourth-order valence-electron chi connectivity index (χ4n) is 2.55. The van der Waals surface area contributed by atoms with Gasteiger partial charge < -0.3 is 10.4 Å². The number of benzene rings is 1. The van der Waals surface area contributed by atoms with Gasteiger partial charge in [0.05, 0.1) is 16.1 Å². The van der Waals surface area contributed by atoms with Gasteiger partial charge in [-0.15, -0.1) is 0 Å². The Morgan fingerprint density at radius 2 is 1.80 bits per heavy atom. The number of nitro benzene ring substituents is 1. The van der Waals surface area contributed by atoms with Crippen molar-refractivity contribution >= 4 is 23.4 Å². The molecular formula is C16H19N3O6. The zero-order valence-electron chi connectivity index (χ0n) is 13.6. The summed E-state index contributed by atoms with van der Waals surface area (Å²) in [6, 6.07) is 3.43. The summed E-state index contributed by atoms with van der Waals surface area (Å²) < 4.78 is 0. The normalized spacial score (nSPS) is 13.1. The van der Waals surface area contributed by atoms with Crippen molar-refractivity contribution in [2.45, 2.75) is 25.7 Å². The largest absolute Gasteiger partial charge is 0.396 e. The molecule has 1 aromatic rings. The zero-order valence-corrected chi connectivity index (χ0v) is 13.6. The molecule has 25 heavy (non-hydrogen) atoms. The first kappa shape index (κ1) is 18.5. The van der Waals surface area contributed by atoms with Crippen LogP contribution in [0.25, 0.3) is 0 Å². The van der Waals surface area contributed by atoms with Crippen LogP contribution in [0, 0.1) is 10.1 Å². The summed E-state index contributed by atoms with van der Waals surface area (Å²) in [6.07, 6.45) is 3.18. The second-order valence-electron chi connectivity index (χ2n) is 5.67. The summed E-state index contributed by atoms with van der Waals surface area (Å²) in [4.78, 5) is 47.3. The first-order valence-electron chi connectivity index (χ1n) is 7.98. The van der Waals surface area contributed by atoms with Crippen molar-refractivity contribution < 1.29 is 24.4 Å². The van der Waals surface area contributed by atoms with Crippen LogP contribution in [0.2, 0.25) is 0 Å². The van der Waals surface area contributed by atoms with Crippen LogP contribution in [0.4, 0.5) is 5.69 Å². The average molecular weight is 349 g/mol. The number of carbonyl (C=O) groups is 3. The number of imide groups is 1. The number of nitrogens with zero attached hydrogens (tertiary/aromatic N) is 2. The van der Waals surface area contributed by atoms with Crippen LogP contribution in [-0.4, -0.2) is 52.3 Å². The fourth-order valence-corrected chi connectivity index (χ4v) is 2.55. The molecule has 0 fully saturated rings. The average Bonchev–Trinajstić information content (AvgIpc) is 2.82.